The van der Waals surface area contributed by atoms with E-state index in [2.05, 4.69) is 10.6 Å². The Balaban J connectivity index is 2.35. The van der Waals surface area contributed by atoms with E-state index in [0.717, 1.165) is 0 Å². The molecule has 2 amide bonds. The maximum atomic E-state index is 12.3. The fourth-order valence-corrected chi connectivity index (χ4v) is 2.52. The summed E-state index contributed by atoms with van der Waals surface area (Å²) < 4.78 is 5.49. The Morgan fingerprint density at radius 1 is 1.04 bits per heavy atom. The van der Waals surface area contributed by atoms with Crippen molar-refractivity contribution in [2.75, 3.05) is 10.6 Å². The first kappa shape index (κ1) is 20.2. The van der Waals surface area contributed by atoms with Gasteiger partial charge in [0.2, 0.25) is 0 Å². The maximum Gasteiger partial charge on any atom is 0.347 e. The standard InChI is InChI=1S/C17H15Cl3N2O4/c1-17(2,15(23)24)26-11-8-10(18)12(19)13(20)14(11)22-16(25)21-9-6-4-3-5-7-9/h3-8H,1-2H3,(H,23,24)(H2,21,22,25). The van der Waals surface area contributed by atoms with Gasteiger partial charge in [-0.25, -0.2) is 9.59 Å². The number of para-hydroxylation sites is 1. The molecule has 0 heterocycles. The maximum absolute atomic E-state index is 12.3. The zero-order chi connectivity index (χ0) is 19.5. The van der Waals surface area contributed by atoms with Gasteiger partial charge in [0.05, 0.1) is 15.1 Å². The van der Waals surface area contributed by atoms with Gasteiger partial charge in [0.15, 0.2) is 5.60 Å². The number of hydrogen-bond donors (Lipinski definition) is 3. The van der Waals surface area contributed by atoms with Gasteiger partial charge in [0, 0.05) is 11.8 Å². The van der Waals surface area contributed by atoms with Gasteiger partial charge in [-0.2, -0.15) is 0 Å². The van der Waals surface area contributed by atoms with Crippen molar-refractivity contribution < 1.29 is 19.4 Å². The molecule has 138 valence electrons. The van der Waals surface area contributed by atoms with Crippen LogP contribution in [0.3, 0.4) is 0 Å². The number of anilines is 2. The van der Waals surface area contributed by atoms with E-state index in [1.165, 1.54) is 19.9 Å². The Morgan fingerprint density at radius 3 is 2.23 bits per heavy atom. The van der Waals surface area contributed by atoms with Crippen molar-refractivity contribution in [3.8, 4) is 5.75 Å². The predicted molar refractivity (Wildman–Crippen MR) is 103 cm³/mol. The molecule has 0 aromatic heterocycles. The monoisotopic (exact) mass is 416 g/mol. The molecule has 2 aromatic carbocycles. The highest BCUT2D eigenvalue weighted by atomic mass is 35.5. The molecule has 0 saturated carbocycles. The number of carbonyl (C=O) groups excluding carboxylic acids is 1. The van der Waals surface area contributed by atoms with Crippen molar-refractivity contribution >= 4 is 58.2 Å². The number of rotatable bonds is 5. The third kappa shape index (κ3) is 4.72. The molecule has 6 nitrogen and oxygen atoms in total. The Morgan fingerprint density at radius 2 is 1.65 bits per heavy atom. The van der Waals surface area contributed by atoms with E-state index in [0.29, 0.717) is 5.69 Å². The fraction of sp³-hybridized carbons (Fsp3) is 0.176. The van der Waals surface area contributed by atoms with Gasteiger partial charge in [-0.15, -0.1) is 0 Å². The van der Waals surface area contributed by atoms with Gasteiger partial charge in [-0.3, -0.25) is 0 Å². The van der Waals surface area contributed by atoms with Crippen LogP contribution < -0.4 is 15.4 Å². The summed E-state index contributed by atoms with van der Waals surface area (Å²) in [7, 11) is 0. The number of ether oxygens (including phenoxy) is 1. The third-order valence-electron chi connectivity index (χ3n) is 3.28. The first-order valence-electron chi connectivity index (χ1n) is 7.35. The Labute approximate surface area is 165 Å². The molecule has 0 radical (unpaired) electrons. The minimum absolute atomic E-state index is 0.00354. The number of carboxylic acid groups (broad SMARTS) is 1. The molecule has 0 aliphatic carbocycles. The van der Waals surface area contributed by atoms with Gasteiger partial charge in [-0.05, 0) is 26.0 Å². The average molecular weight is 418 g/mol. The molecular weight excluding hydrogens is 403 g/mol. The lowest BCUT2D eigenvalue weighted by molar-refractivity contribution is -0.152. The quantitative estimate of drug-likeness (QED) is 0.558. The van der Waals surface area contributed by atoms with E-state index in [-0.39, 0.29) is 26.5 Å². The van der Waals surface area contributed by atoms with E-state index in [9.17, 15) is 14.7 Å². The second-order valence-electron chi connectivity index (χ2n) is 5.72. The van der Waals surface area contributed by atoms with E-state index >= 15 is 0 Å². The van der Waals surface area contributed by atoms with E-state index in [1.54, 1.807) is 30.3 Å². The smallest absolute Gasteiger partial charge is 0.347 e. The lowest BCUT2D eigenvalue weighted by Gasteiger charge is -2.24. The molecule has 0 unspecified atom stereocenters. The molecular formula is C17H15Cl3N2O4. The molecule has 0 fully saturated rings. The van der Waals surface area contributed by atoms with Crippen LogP contribution in [0.25, 0.3) is 0 Å². The molecule has 0 aliphatic heterocycles. The van der Waals surface area contributed by atoms with Crippen LogP contribution in [0.1, 0.15) is 13.8 Å². The van der Waals surface area contributed by atoms with Crippen molar-refractivity contribution in [3.63, 3.8) is 0 Å². The molecule has 0 aliphatic rings. The number of carbonyl (C=O) groups is 2. The summed E-state index contributed by atoms with van der Waals surface area (Å²) in [6.07, 6.45) is 0. The number of urea groups is 1. The SMILES string of the molecule is CC(C)(Oc1cc(Cl)c(Cl)c(Cl)c1NC(=O)Nc1ccccc1)C(=O)O. The zero-order valence-electron chi connectivity index (χ0n) is 13.8. The predicted octanol–water partition coefficient (Wildman–Crippen LogP) is 5.53. The highest BCUT2D eigenvalue weighted by molar-refractivity contribution is 6.49. The number of benzene rings is 2. The van der Waals surface area contributed by atoms with Gasteiger partial charge >= 0.3 is 12.0 Å². The van der Waals surface area contributed by atoms with Crippen LogP contribution in [-0.4, -0.2) is 22.7 Å². The molecule has 0 bridgehead atoms. The van der Waals surface area contributed by atoms with E-state index in [4.69, 9.17) is 39.5 Å². The highest BCUT2D eigenvalue weighted by Crippen LogP contribution is 2.43. The topological polar surface area (TPSA) is 87.7 Å². The normalized spacial score (nSPS) is 11.0. The lowest BCUT2D eigenvalue weighted by Crippen LogP contribution is -2.38. The van der Waals surface area contributed by atoms with Crippen LogP contribution in [0.2, 0.25) is 15.1 Å². The van der Waals surface area contributed by atoms with Crippen molar-refractivity contribution in [2.24, 2.45) is 0 Å². The van der Waals surface area contributed by atoms with Crippen molar-refractivity contribution in [2.45, 2.75) is 19.4 Å². The second kappa shape index (κ2) is 8.03. The molecule has 2 aromatic rings. The third-order valence-corrected chi connectivity index (χ3v) is 4.54. The average Bonchev–Trinajstić information content (AvgIpc) is 2.57. The van der Waals surface area contributed by atoms with Gasteiger partial charge in [0.1, 0.15) is 11.4 Å². The molecule has 0 atom stereocenters. The van der Waals surface area contributed by atoms with Crippen molar-refractivity contribution in [3.05, 3.63) is 51.5 Å². The number of hydrogen-bond acceptors (Lipinski definition) is 3. The first-order valence-corrected chi connectivity index (χ1v) is 8.48. The van der Waals surface area contributed by atoms with Crippen LogP contribution in [0.5, 0.6) is 5.75 Å². The molecule has 0 saturated heterocycles. The Bertz CT molecular complexity index is 842. The van der Waals surface area contributed by atoms with Gasteiger partial charge in [0.25, 0.3) is 0 Å². The minimum Gasteiger partial charge on any atom is -0.478 e. The first-order chi connectivity index (χ1) is 12.1. The Kier molecular flexibility index (Phi) is 6.23. The summed E-state index contributed by atoms with van der Waals surface area (Å²) in [5, 5.41) is 14.4. The summed E-state index contributed by atoms with van der Waals surface area (Å²) in [6, 6.07) is 9.38. The fourth-order valence-electron chi connectivity index (χ4n) is 1.89. The minimum atomic E-state index is -1.59. The van der Waals surface area contributed by atoms with Crippen LogP contribution in [0.4, 0.5) is 16.2 Å². The largest absolute Gasteiger partial charge is 0.478 e. The summed E-state index contributed by atoms with van der Waals surface area (Å²) in [5.41, 5.74) is -1.04. The number of carboxylic acids is 1. The lowest BCUT2D eigenvalue weighted by atomic mass is 10.1. The summed E-state index contributed by atoms with van der Waals surface area (Å²) in [4.78, 5) is 23.6. The molecule has 26 heavy (non-hydrogen) atoms. The van der Waals surface area contributed by atoms with Gasteiger partial charge in [-0.1, -0.05) is 53.0 Å². The van der Waals surface area contributed by atoms with Crippen LogP contribution >= 0.6 is 34.8 Å². The van der Waals surface area contributed by atoms with Crippen LogP contribution in [-0.2, 0) is 4.79 Å². The van der Waals surface area contributed by atoms with Crippen LogP contribution in [0, 0.1) is 0 Å². The summed E-state index contributed by atoms with van der Waals surface area (Å²) in [6.45, 7) is 2.69. The number of amides is 2. The van der Waals surface area contributed by atoms with Crippen molar-refractivity contribution in [1.82, 2.24) is 0 Å². The van der Waals surface area contributed by atoms with E-state index < -0.39 is 17.6 Å². The van der Waals surface area contributed by atoms with Gasteiger partial charge < -0.3 is 20.5 Å². The zero-order valence-corrected chi connectivity index (χ0v) is 16.0. The molecule has 0 spiro atoms. The van der Waals surface area contributed by atoms with Crippen molar-refractivity contribution in [1.29, 1.82) is 0 Å². The Hall–Kier alpha value is -2.15. The summed E-state index contributed by atoms with van der Waals surface area (Å²) >= 11 is 18.2. The van der Waals surface area contributed by atoms with E-state index in [1.807, 2.05) is 0 Å². The molecule has 9 heteroatoms. The second-order valence-corrected chi connectivity index (χ2v) is 6.89. The summed E-state index contributed by atoms with van der Waals surface area (Å²) in [5.74, 6) is -1.24. The number of aliphatic carboxylic acids is 1. The van der Waals surface area contributed by atoms with Crippen LogP contribution in [0.15, 0.2) is 36.4 Å². The molecule has 3 N–H and O–H groups in total. The molecule has 2 rings (SSSR count). The highest BCUT2D eigenvalue weighted by Gasteiger charge is 2.31. The number of nitrogens with one attached hydrogen (secondary N) is 2. The number of halogens is 3.